The summed E-state index contributed by atoms with van der Waals surface area (Å²) in [5, 5.41) is 40.3. The summed E-state index contributed by atoms with van der Waals surface area (Å²) in [5.41, 5.74) is 0.143. The molecule has 0 amide bonds. The van der Waals surface area contributed by atoms with Gasteiger partial charge in [0.05, 0.1) is 31.2 Å². The van der Waals surface area contributed by atoms with Gasteiger partial charge < -0.3 is 39.1 Å². The SMILES string of the molecule is C[C@@]12C[C@@H](c3ccoc3)OC(=O)[C@@H]1CC[C@]1(C)[C@H]2CC=C[C@H]1O[C@@H]1O[C@H](CO)[C@@H](O)[C@H](O)[C@H]1O. The molecule has 188 valence electrons. The molecule has 4 N–H and O–H groups in total. The van der Waals surface area contributed by atoms with Gasteiger partial charge in [0, 0.05) is 11.0 Å². The Bertz CT molecular complexity index is 913. The molecular weight excluding hydrogens is 444 g/mol. The van der Waals surface area contributed by atoms with E-state index < -0.39 is 43.4 Å². The van der Waals surface area contributed by atoms with Crippen LogP contribution in [0, 0.1) is 22.7 Å². The number of carbonyl (C=O) groups is 1. The van der Waals surface area contributed by atoms with Crippen LogP contribution in [0.5, 0.6) is 0 Å². The summed E-state index contributed by atoms with van der Waals surface area (Å²) in [6.07, 6.45) is 2.57. The minimum Gasteiger partial charge on any atom is -0.472 e. The molecule has 0 spiro atoms. The largest absolute Gasteiger partial charge is 0.472 e. The van der Waals surface area contributed by atoms with E-state index in [0.717, 1.165) is 18.4 Å². The number of hydrogen-bond donors (Lipinski definition) is 4. The number of allylic oxidation sites excluding steroid dienone is 1. The molecule has 34 heavy (non-hydrogen) atoms. The zero-order chi connectivity index (χ0) is 24.3. The number of carbonyl (C=O) groups excluding carboxylic acids is 1. The molecule has 3 fully saturated rings. The standard InChI is InChI=1S/C25H34O9/c1-24-8-6-14-22(30)32-15(13-7-9-31-12-13)10-25(14,2)17(24)4-3-5-18(24)34-23-21(29)20(28)19(27)16(11-26)33-23/h3,5,7,9,12,14-21,23,26-29H,4,6,8,10-11H2,1-2H3/t14-,15-,16+,17+,18+,19+,20-,21+,23-,24+,25+/m0/s1. The molecule has 0 aromatic carbocycles. The predicted octanol–water partition coefficient (Wildman–Crippen LogP) is 1.45. The lowest BCUT2D eigenvalue weighted by Crippen LogP contribution is -2.62. The number of aliphatic hydroxyl groups excluding tert-OH is 4. The van der Waals surface area contributed by atoms with Crippen molar-refractivity contribution in [2.75, 3.05) is 6.61 Å². The average Bonchev–Trinajstić information content (AvgIpc) is 3.34. The van der Waals surface area contributed by atoms with Gasteiger partial charge in [-0.05, 0) is 43.1 Å². The maximum atomic E-state index is 13.1. The summed E-state index contributed by atoms with van der Waals surface area (Å²) < 4.78 is 22.9. The third kappa shape index (κ3) is 3.65. The monoisotopic (exact) mass is 478 g/mol. The van der Waals surface area contributed by atoms with Crippen LogP contribution in [-0.4, -0.2) is 69.8 Å². The molecule has 0 radical (unpaired) electrons. The Labute approximate surface area is 198 Å². The lowest BCUT2D eigenvalue weighted by molar-refractivity contribution is -0.320. The summed E-state index contributed by atoms with van der Waals surface area (Å²) in [5.74, 6) is -0.294. The second-order valence-electron chi connectivity index (χ2n) is 10.8. The summed E-state index contributed by atoms with van der Waals surface area (Å²) in [6, 6.07) is 1.83. The lowest BCUT2D eigenvalue weighted by Gasteiger charge is -2.60. The molecule has 11 atom stereocenters. The lowest BCUT2D eigenvalue weighted by atomic mass is 9.46. The Kier molecular flexibility index (Phi) is 6.15. The number of aliphatic hydroxyl groups is 4. The highest BCUT2D eigenvalue weighted by molar-refractivity contribution is 5.75. The van der Waals surface area contributed by atoms with Crippen molar-refractivity contribution in [3.05, 3.63) is 36.3 Å². The highest BCUT2D eigenvalue weighted by Gasteiger charge is 2.62. The Morgan fingerprint density at radius 1 is 1.15 bits per heavy atom. The normalized spacial score (nSPS) is 48.6. The van der Waals surface area contributed by atoms with Crippen molar-refractivity contribution in [1.29, 1.82) is 0 Å². The van der Waals surface area contributed by atoms with Crippen LogP contribution in [0.25, 0.3) is 0 Å². The first-order valence-electron chi connectivity index (χ1n) is 12.0. The summed E-state index contributed by atoms with van der Waals surface area (Å²) in [6.45, 7) is 3.80. The van der Waals surface area contributed by atoms with Crippen LogP contribution >= 0.6 is 0 Å². The maximum Gasteiger partial charge on any atom is 0.310 e. The van der Waals surface area contributed by atoms with E-state index in [-0.39, 0.29) is 34.7 Å². The van der Waals surface area contributed by atoms with Gasteiger partial charge in [0.25, 0.3) is 0 Å². The van der Waals surface area contributed by atoms with Gasteiger partial charge in [0.15, 0.2) is 6.29 Å². The molecule has 9 heteroatoms. The van der Waals surface area contributed by atoms with Gasteiger partial charge in [-0.1, -0.05) is 26.0 Å². The summed E-state index contributed by atoms with van der Waals surface area (Å²) in [7, 11) is 0. The maximum absolute atomic E-state index is 13.1. The molecule has 1 saturated carbocycles. The number of esters is 1. The van der Waals surface area contributed by atoms with E-state index in [4.69, 9.17) is 18.6 Å². The van der Waals surface area contributed by atoms with E-state index in [0.29, 0.717) is 12.8 Å². The second kappa shape index (κ2) is 8.72. The van der Waals surface area contributed by atoms with Gasteiger partial charge >= 0.3 is 5.97 Å². The zero-order valence-corrected chi connectivity index (χ0v) is 19.4. The molecule has 5 rings (SSSR count). The van der Waals surface area contributed by atoms with Gasteiger partial charge in [0.2, 0.25) is 0 Å². The van der Waals surface area contributed by atoms with Crippen LogP contribution in [0.3, 0.4) is 0 Å². The van der Waals surface area contributed by atoms with Crippen molar-refractivity contribution < 1.29 is 43.8 Å². The van der Waals surface area contributed by atoms with Crippen LogP contribution in [0.4, 0.5) is 0 Å². The molecule has 4 aliphatic rings. The van der Waals surface area contributed by atoms with Crippen molar-refractivity contribution in [2.45, 2.75) is 82.4 Å². The van der Waals surface area contributed by atoms with E-state index in [1.165, 1.54) is 0 Å². The third-order valence-electron chi connectivity index (χ3n) is 8.90. The Hall–Kier alpha value is -1.75. The smallest absolute Gasteiger partial charge is 0.310 e. The molecule has 1 aromatic heterocycles. The third-order valence-corrected chi connectivity index (χ3v) is 8.90. The average molecular weight is 479 g/mol. The predicted molar refractivity (Wildman–Crippen MR) is 117 cm³/mol. The van der Waals surface area contributed by atoms with E-state index in [9.17, 15) is 25.2 Å². The minimum atomic E-state index is -1.50. The van der Waals surface area contributed by atoms with Crippen LogP contribution in [0.1, 0.15) is 51.2 Å². The van der Waals surface area contributed by atoms with Gasteiger partial charge in [-0.2, -0.15) is 0 Å². The fourth-order valence-corrected chi connectivity index (χ4v) is 6.90. The van der Waals surface area contributed by atoms with Gasteiger partial charge in [-0.25, -0.2) is 0 Å². The Morgan fingerprint density at radius 2 is 1.94 bits per heavy atom. The Balaban J connectivity index is 1.41. The van der Waals surface area contributed by atoms with Gasteiger partial charge in [0.1, 0.15) is 30.5 Å². The molecule has 2 aliphatic carbocycles. The highest BCUT2D eigenvalue weighted by atomic mass is 16.7. The fraction of sp³-hybridized carbons (Fsp3) is 0.720. The molecular formula is C25H34O9. The van der Waals surface area contributed by atoms with E-state index in [1.54, 1.807) is 12.5 Å². The first-order valence-corrected chi connectivity index (χ1v) is 12.0. The molecule has 1 aromatic rings. The van der Waals surface area contributed by atoms with Crippen LogP contribution in [0.2, 0.25) is 0 Å². The van der Waals surface area contributed by atoms with Crippen molar-refractivity contribution in [3.63, 3.8) is 0 Å². The van der Waals surface area contributed by atoms with Crippen molar-refractivity contribution in [3.8, 4) is 0 Å². The first kappa shape index (κ1) is 24.0. The molecule has 0 unspecified atom stereocenters. The van der Waals surface area contributed by atoms with Crippen LogP contribution in [-0.2, 0) is 19.0 Å². The number of rotatable bonds is 4. The zero-order valence-electron chi connectivity index (χ0n) is 19.4. The van der Waals surface area contributed by atoms with Crippen molar-refractivity contribution in [1.82, 2.24) is 0 Å². The molecule has 2 aliphatic heterocycles. The molecule has 9 nitrogen and oxygen atoms in total. The quantitative estimate of drug-likeness (QED) is 0.374. The van der Waals surface area contributed by atoms with Crippen LogP contribution in [0.15, 0.2) is 35.2 Å². The topological polar surface area (TPSA) is 139 Å². The summed E-state index contributed by atoms with van der Waals surface area (Å²) >= 11 is 0. The number of hydrogen-bond acceptors (Lipinski definition) is 9. The summed E-state index contributed by atoms with van der Waals surface area (Å²) in [4.78, 5) is 13.1. The number of cyclic esters (lactones) is 1. The molecule has 0 bridgehead atoms. The fourth-order valence-electron chi connectivity index (χ4n) is 6.90. The number of fused-ring (bicyclic) bond motifs is 3. The van der Waals surface area contributed by atoms with Crippen LogP contribution < -0.4 is 0 Å². The minimum absolute atomic E-state index is 0.0980. The molecule has 2 saturated heterocycles. The highest BCUT2D eigenvalue weighted by Crippen LogP contribution is 2.64. The van der Waals surface area contributed by atoms with E-state index in [1.807, 2.05) is 18.2 Å². The first-order chi connectivity index (χ1) is 16.2. The number of furan rings is 1. The van der Waals surface area contributed by atoms with Gasteiger partial charge in [-0.3, -0.25) is 4.79 Å². The molecule has 3 heterocycles. The van der Waals surface area contributed by atoms with Gasteiger partial charge in [-0.15, -0.1) is 0 Å². The van der Waals surface area contributed by atoms with E-state index in [2.05, 4.69) is 13.8 Å². The number of ether oxygens (including phenoxy) is 3. The second-order valence-corrected chi connectivity index (χ2v) is 10.8. The van der Waals surface area contributed by atoms with Crippen molar-refractivity contribution in [2.24, 2.45) is 22.7 Å². The van der Waals surface area contributed by atoms with Crippen molar-refractivity contribution >= 4 is 5.97 Å². The Morgan fingerprint density at radius 3 is 2.65 bits per heavy atom. The van der Waals surface area contributed by atoms with E-state index >= 15 is 0 Å².